The van der Waals surface area contributed by atoms with Gasteiger partial charge in [-0.05, 0) is 19.1 Å². The molecule has 0 unspecified atom stereocenters. The van der Waals surface area contributed by atoms with Crippen LogP contribution in [0.1, 0.15) is 18.2 Å². The van der Waals surface area contributed by atoms with Crippen LogP contribution in [0.4, 0.5) is 10.8 Å². The number of hydrogen-bond acceptors (Lipinski definition) is 9. The lowest BCUT2D eigenvalue weighted by Gasteiger charge is -2.04. The number of nitro groups is 1. The topological polar surface area (TPSA) is 116 Å². The number of benzene rings is 1. The van der Waals surface area contributed by atoms with Crippen LogP contribution in [-0.4, -0.2) is 35.8 Å². The molecule has 2 rings (SSSR count). The van der Waals surface area contributed by atoms with Gasteiger partial charge in [0.25, 0.3) is 0 Å². The number of nitrogens with one attached hydrogen (secondary N) is 1. The van der Waals surface area contributed by atoms with Crippen LogP contribution < -0.4 is 10.2 Å². The molecule has 0 bridgehead atoms. The summed E-state index contributed by atoms with van der Waals surface area (Å²) in [6.45, 7) is 2.10. The predicted molar refractivity (Wildman–Crippen MR) is 93.3 cm³/mol. The van der Waals surface area contributed by atoms with Gasteiger partial charge in [-0.3, -0.25) is 20.3 Å². The van der Waals surface area contributed by atoms with Crippen LogP contribution in [0.25, 0.3) is 0 Å². The van der Waals surface area contributed by atoms with E-state index in [9.17, 15) is 14.9 Å². The summed E-state index contributed by atoms with van der Waals surface area (Å²) in [5.41, 5.74) is 3.70. The molecule has 0 amide bonds. The summed E-state index contributed by atoms with van der Waals surface area (Å²) in [4.78, 5) is 25.9. The van der Waals surface area contributed by atoms with E-state index in [-0.39, 0.29) is 23.8 Å². The minimum Gasteiger partial charge on any atom is -0.487 e. The average molecular weight is 364 g/mol. The van der Waals surface area contributed by atoms with Crippen molar-refractivity contribution in [3.05, 3.63) is 45.0 Å². The highest BCUT2D eigenvalue weighted by Gasteiger charge is 2.15. The molecule has 0 saturated carbocycles. The lowest BCUT2D eigenvalue weighted by Crippen LogP contribution is -2.04. The molecule has 10 heteroatoms. The standard InChI is InChI=1S/C15H16N4O5S/c1-3-24-13-5-4-10(6-12(13)19(21)22)8-16-18-15-17-11(9-25-15)7-14(20)23-2/h4-6,8-9H,3,7H2,1-2H3,(H,17,18)/b16-8-. The van der Waals surface area contributed by atoms with E-state index in [0.29, 0.717) is 23.0 Å². The summed E-state index contributed by atoms with van der Waals surface area (Å²) < 4.78 is 9.79. The molecule has 1 aromatic heterocycles. The van der Waals surface area contributed by atoms with E-state index in [1.54, 1.807) is 18.4 Å². The van der Waals surface area contributed by atoms with Crippen molar-refractivity contribution in [1.82, 2.24) is 4.98 Å². The molecule has 25 heavy (non-hydrogen) atoms. The van der Waals surface area contributed by atoms with Gasteiger partial charge >= 0.3 is 11.7 Å². The SMILES string of the molecule is CCOc1ccc(/C=N\Nc2nc(CC(=O)OC)cs2)cc1[N+](=O)[O-]. The molecule has 0 aliphatic rings. The summed E-state index contributed by atoms with van der Waals surface area (Å²) >= 11 is 1.28. The molecule has 0 aliphatic carbocycles. The first-order chi connectivity index (χ1) is 12.0. The summed E-state index contributed by atoms with van der Waals surface area (Å²) in [5, 5.41) is 17.3. The van der Waals surface area contributed by atoms with Gasteiger partial charge in [-0.25, -0.2) is 4.98 Å². The Hall–Kier alpha value is -3.01. The van der Waals surface area contributed by atoms with Crippen molar-refractivity contribution in [2.45, 2.75) is 13.3 Å². The van der Waals surface area contributed by atoms with E-state index in [0.717, 1.165) is 0 Å². The van der Waals surface area contributed by atoms with Crippen molar-refractivity contribution >= 4 is 34.3 Å². The Morgan fingerprint density at radius 2 is 2.32 bits per heavy atom. The number of esters is 1. The molecule has 0 radical (unpaired) electrons. The minimum absolute atomic E-state index is 0.0868. The van der Waals surface area contributed by atoms with Gasteiger partial charge in [0.05, 0.1) is 37.0 Å². The van der Waals surface area contributed by atoms with E-state index in [1.165, 1.54) is 36.8 Å². The summed E-state index contributed by atoms with van der Waals surface area (Å²) in [6.07, 6.45) is 1.52. The van der Waals surface area contributed by atoms with Gasteiger partial charge in [0.1, 0.15) is 0 Å². The number of hydrogen-bond donors (Lipinski definition) is 1. The van der Waals surface area contributed by atoms with Gasteiger partial charge in [0, 0.05) is 17.0 Å². The van der Waals surface area contributed by atoms with Gasteiger partial charge in [-0.15, -0.1) is 11.3 Å². The van der Waals surface area contributed by atoms with Crippen molar-refractivity contribution in [3.63, 3.8) is 0 Å². The fourth-order valence-electron chi connectivity index (χ4n) is 1.86. The first-order valence-corrected chi connectivity index (χ1v) is 8.13. The Morgan fingerprint density at radius 3 is 3.00 bits per heavy atom. The molecule has 0 aliphatic heterocycles. The lowest BCUT2D eigenvalue weighted by atomic mass is 10.2. The van der Waals surface area contributed by atoms with Gasteiger partial charge in [-0.1, -0.05) is 0 Å². The number of hydrazone groups is 1. The van der Waals surface area contributed by atoms with Crippen LogP contribution in [0.5, 0.6) is 5.75 Å². The van der Waals surface area contributed by atoms with Crippen LogP contribution in [0.2, 0.25) is 0 Å². The van der Waals surface area contributed by atoms with Gasteiger partial charge < -0.3 is 9.47 Å². The molecular formula is C15H16N4O5S. The zero-order valence-corrected chi connectivity index (χ0v) is 14.4. The van der Waals surface area contributed by atoms with Gasteiger partial charge in [0.2, 0.25) is 5.13 Å². The fourth-order valence-corrected chi connectivity index (χ4v) is 2.52. The molecule has 0 saturated heterocycles. The Morgan fingerprint density at radius 1 is 1.52 bits per heavy atom. The Balaban J connectivity index is 2.03. The molecule has 0 spiro atoms. The van der Waals surface area contributed by atoms with E-state index in [1.807, 2.05) is 0 Å². The maximum absolute atomic E-state index is 11.2. The number of ether oxygens (including phenoxy) is 2. The number of nitro benzene ring substituents is 1. The molecule has 0 fully saturated rings. The van der Waals surface area contributed by atoms with Crippen molar-refractivity contribution in [3.8, 4) is 5.75 Å². The molecular weight excluding hydrogens is 348 g/mol. The fraction of sp³-hybridized carbons (Fsp3) is 0.267. The third kappa shape index (κ3) is 5.24. The number of carbonyl (C=O) groups is 1. The molecule has 0 atom stereocenters. The molecule has 132 valence electrons. The Bertz CT molecular complexity index is 790. The number of carbonyl (C=O) groups excluding carboxylic acids is 1. The van der Waals surface area contributed by atoms with Gasteiger partial charge in [0.15, 0.2) is 5.75 Å². The maximum atomic E-state index is 11.2. The molecule has 1 aromatic carbocycles. The largest absolute Gasteiger partial charge is 0.487 e. The third-order valence-corrected chi connectivity index (χ3v) is 3.75. The van der Waals surface area contributed by atoms with Crippen molar-refractivity contribution in [1.29, 1.82) is 0 Å². The Labute approximate surface area is 147 Å². The summed E-state index contributed by atoms with van der Waals surface area (Å²) in [6, 6.07) is 4.56. The first kappa shape index (κ1) is 18.3. The van der Waals surface area contributed by atoms with Crippen LogP contribution >= 0.6 is 11.3 Å². The van der Waals surface area contributed by atoms with Crippen molar-refractivity contribution < 1.29 is 19.2 Å². The monoisotopic (exact) mass is 364 g/mol. The highest BCUT2D eigenvalue weighted by atomic mass is 32.1. The second kappa shape index (κ2) is 8.73. The van der Waals surface area contributed by atoms with Crippen molar-refractivity contribution in [2.24, 2.45) is 5.10 Å². The second-order valence-corrected chi connectivity index (χ2v) is 5.54. The summed E-state index contributed by atoms with van der Waals surface area (Å²) in [5.74, 6) is -0.160. The van der Waals surface area contributed by atoms with Crippen LogP contribution in [0.15, 0.2) is 28.7 Å². The highest BCUT2D eigenvalue weighted by Crippen LogP contribution is 2.27. The number of nitrogens with zero attached hydrogens (tertiary/aromatic N) is 3. The zero-order valence-electron chi connectivity index (χ0n) is 13.6. The lowest BCUT2D eigenvalue weighted by molar-refractivity contribution is -0.385. The van der Waals surface area contributed by atoms with Gasteiger partial charge in [-0.2, -0.15) is 5.10 Å². The smallest absolute Gasteiger partial charge is 0.311 e. The van der Waals surface area contributed by atoms with Crippen LogP contribution in [0.3, 0.4) is 0 Å². The molecule has 9 nitrogen and oxygen atoms in total. The van der Waals surface area contributed by atoms with E-state index in [4.69, 9.17) is 4.74 Å². The number of methoxy groups -OCH3 is 1. The Kier molecular flexibility index (Phi) is 6.40. The number of anilines is 1. The molecule has 1 heterocycles. The quantitative estimate of drug-likeness (QED) is 0.331. The minimum atomic E-state index is -0.504. The second-order valence-electron chi connectivity index (χ2n) is 4.68. The first-order valence-electron chi connectivity index (χ1n) is 7.25. The van der Waals surface area contributed by atoms with E-state index < -0.39 is 4.92 Å². The molecule has 1 N–H and O–H groups in total. The molecule has 2 aromatic rings. The number of thiazole rings is 1. The summed E-state index contributed by atoms with van der Waals surface area (Å²) in [7, 11) is 1.31. The van der Waals surface area contributed by atoms with Crippen molar-refractivity contribution in [2.75, 3.05) is 19.1 Å². The number of aromatic nitrogens is 1. The van der Waals surface area contributed by atoms with Crippen LogP contribution in [-0.2, 0) is 16.0 Å². The third-order valence-electron chi connectivity index (χ3n) is 2.96. The van der Waals surface area contributed by atoms with E-state index in [2.05, 4.69) is 20.2 Å². The highest BCUT2D eigenvalue weighted by molar-refractivity contribution is 7.13. The normalized spacial score (nSPS) is 10.6. The predicted octanol–water partition coefficient (Wildman–Crippen LogP) is 2.61. The van der Waals surface area contributed by atoms with Crippen LogP contribution in [0, 0.1) is 10.1 Å². The maximum Gasteiger partial charge on any atom is 0.311 e. The number of rotatable bonds is 8. The van der Waals surface area contributed by atoms with E-state index >= 15 is 0 Å². The zero-order chi connectivity index (χ0) is 18.2. The average Bonchev–Trinajstić information content (AvgIpc) is 3.03.